The largest absolute Gasteiger partial charge is 0.573 e. The molecule has 0 saturated carbocycles. The van der Waals surface area contributed by atoms with Crippen LogP contribution in [0.3, 0.4) is 0 Å². The van der Waals surface area contributed by atoms with Crippen LogP contribution >= 0.6 is 11.6 Å². The number of carboxylic acids is 1. The molecule has 0 amide bonds. The molecule has 3 nitrogen and oxygen atoms in total. The molecule has 0 radical (unpaired) electrons. The van der Waals surface area contributed by atoms with E-state index in [1.165, 1.54) is 0 Å². The van der Waals surface area contributed by atoms with Crippen LogP contribution in [0, 0.1) is 0 Å². The summed E-state index contributed by atoms with van der Waals surface area (Å²) in [5, 5.41) is 7.99. The molecule has 1 N–H and O–H groups in total. The number of carbonyl (C=O) groups is 1. The van der Waals surface area contributed by atoms with E-state index in [1.54, 1.807) is 0 Å². The van der Waals surface area contributed by atoms with Crippen molar-refractivity contribution in [3.05, 3.63) is 28.8 Å². The van der Waals surface area contributed by atoms with E-state index < -0.39 is 28.7 Å². The van der Waals surface area contributed by atoms with Gasteiger partial charge in [-0.05, 0) is 12.1 Å². The van der Waals surface area contributed by atoms with E-state index in [0.29, 0.717) is 0 Å². The summed E-state index contributed by atoms with van der Waals surface area (Å²) in [5.74, 6) is -2.16. The molecule has 1 aromatic carbocycles. The summed E-state index contributed by atoms with van der Waals surface area (Å²) >= 11 is 5.40. The Kier molecular flexibility index (Phi) is 3.09. The van der Waals surface area contributed by atoms with Crippen molar-refractivity contribution in [2.45, 2.75) is 6.36 Å². The Hall–Kier alpha value is -1.43. The second kappa shape index (κ2) is 3.98. The van der Waals surface area contributed by atoms with Crippen molar-refractivity contribution >= 4 is 17.6 Å². The molecular weight excluding hydrogens is 237 g/mol. The van der Waals surface area contributed by atoms with Crippen LogP contribution in [-0.2, 0) is 0 Å². The number of benzene rings is 1. The molecular formula is C8H4ClF3O3. The zero-order valence-electron chi connectivity index (χ0n) is 7.01. The van der Waals surface area contributed by atoms with Gasteiger partial charge >= 0.3 is 12.3 Å². The number of ether oxygens (including phenoxy) is 1. The summed E-state index contributed by atoms with van der Waals surface area (Å²) in [6, 6.07) is 3.12. The Balaban J connectivity index is 3.10. The maximum atomic E-state index is 11.8. The van der Waals surface area contributed by atoms with E-state index in [-0.39, 0.29) is 0 Å². The predicted molar refractivity (Wildman–Crippen MR) is 45.1 cm³/mol. The van der Waals surface area contributed by atoms with Gasteiger partial charge in [-0.15, -0.1) is 13.2 Å². The molecule has 0 saturated heterocycles. The highest BCUT2D eigenvalue weighted by Crippen LogP contribution is 2.32. The quantitative estimate of drug-likeness (QED) is 0.864. The third kappa shape index (κ3) is 3.02. The Morgan fingerprint density at radius 1 is 1.40 bits per heavy atom. The number of halogens is 4. The summed E-state index contributed by atoms with van der Waals surface area (Å²) in [5.41, 5.74) is -0.446. The number of hydrogen-bond donors (Lipinski definition) is 1. The fourth-order valence-corrected chi connectivity index (χ4v) is 1.12. The molecule has 0 heterocycles. The van der Waals surface area contributed by atoms with E-state index in [9.17, 15) is 18.0 Å². The SMILES string of the molecule is O=C(O)c1cccc(OC(F)(F)F)c1Cl. The third-order valence-corrected chi connectivity index (χ3v) is 1.81. The second-order valence-electron chi connectivity index (χ2n) is 2.47. The lowest BCUT2D eigenvalue weighted by atomic mass is 10.2. The van der Waals surface area contributed by atoms with Crippen LogP contribution in [-0.4, -0.2) is 17.4 Å². The molecule has 82 valence electrons. The molecule has 0 fully saturated rings. The molecule has 0 aromatic heterocycles. The topological polar surface area (TPSA) is 46.5 Å². The fraction of sp³-hybridized carbons (Fsp3) is 0.125. The first-order valence-electron chi connectivity index (χ1n) is 3.59. The van der Waals surface area contributed by atoms with Crippen LogP contribution in [0.15, 0.2) is 18.2 Å². The molecule has 1 rings (SSSR count). The molecule has 7 heteroatoms. The normalized spacial score (nSPS) is 11.2. The summed E-state index contributed by atoms with van der Waals surface area (Å²) in [4.78, 5) is 10.5. The minimum atomic E-state index is -4.90. The second-order valence-corrected chi connectivity index (χ2v) is 2.85. The van der Waals surface area contributed by atoms with Crippen LogP contribution in [0.2, 0.25) is 5.02 Å². The average Bonchev–Trinajstić information content (AvgIpc) is 2.05. The number of aromatic carboxylic acids is 1. The number of alkyl halides is 3. The molecule has 0 spiro atoms. The average molecular weight is 241 g/mol. The lowest BCUT2D eigenvalue weighted by Gasteiger charge is -2.10. The van der Waals surface area contributed by atoms with E-state index in [0.717, 1.165) is 18.2 Å². The van der Waals surface area contributed by atoms with Crippen molar-refractivity contribution in [3.63, 3.8) is 0 Å². The Morgan fingerprint density at radius 3 is 2.47 bits per heavy atom. The lowest BCUT2D eigenvalue weighted by molar-refractivity contribution is -0.274. The van der Waals surface area contributed by atoms with Crippen LogP contribution in [0.5, 0.6) is 5.75 Å². The first-order chi connectivity index (χ1) is 6.81. The summed E-state index contributed by atoms with van der Waals surface area (Å²) in [7, 11) is 0. The Bertz CT molecular complexity index is 389. The van der Waals surface area contributed by atoms with E-state index in [4.69, 9.17) is 16.7 Å². The van der Waals surface area contributed by atoms with Crippen LogP contribution < -0.4 is 4.74 Å². The zero-order valence-corrected chi connectivity index (χ0v) is 7.76. The smallest absolute Gasteiger partial charge is 0.478 e. The molecule has 0 aliphatic rings. The van der Waals surface area contributed by atoms with Gasteiger partial charge in [-0.2, -0.15) is 0 Å². The van der Waals surface area contributed by atoms with Crippen LogP contribution in [0.1, 0.15) is 10.4 Å². The monoisotopic (exact) mass is 240 g/mol. The van der Waals surface area contributed by atoms with Crippen LogP contribution in [0.4, 0.5) is 13.2 Å². The highest BCUT2D eigenvalue weighted by molar-refractivity contribution is 6.34. The highest BCUT2D eigenvalue weighted by Gasteiger charge is 2.32. The maximum Gasteiger partial charge on any atom is 0.573 e. The zero-order chi connectivity index (χ0) is 11.6. The lowest BCUT2D eigenvalue weighted by Crippen LogP contribution is -2.17. The summed E-state index contributed by atoms with van der Waals surface area (Å²) < 4.78 is 39.0. The number of rotatable bonds is 2. The van der Waals surface area contributed by atoms with Crippen molar-refractivity contribution in [1.82, 2.24) is 0 Å². The molecule has 1 aromatic rings. The molecule has 0 bridgehead atoms. The summed E-state index contributed by atoms with van der Waals surface area (Å²) in [6.45, 7) is 0. The standard InChI is InChI=1S/C8H4ClF3O3/c9-6-4(7(13)14)2-1-3-5(6)15-8(10,11)12/h1-3H,(H,13,14). The van der Waals surface area contributed by atoms with Crippen molar-refractivity contribution in [2.75, 3.05) is 0 Å². The van der Waals surface area contributed by atoms with E-state index in [1.807, 2.05) is 0 Å². The molecule has 15 heavy (non-hydrogen) atoms. The van der Waals surface area contributed by atoms with Gasteiger partial charge in [0.05, 0.1) is 10.6 Å². The van der Waals surface area contributed by atoms with Gasteiger partial charge in [-0.1, -0.05) is 17.7 Å². The van der Waals surface area contributed by atoms with Gasteiger partial charge in [-0.25, -0.2) is 4.79 Å². The van der Waals surface area contributed by atoms with Gasteiger partial charge < -0.3 is 9.84 Å². The molecule has 0 aliphatic heterocycles. The molecule has 0 atom stereocenters. The maximum absolute atomic E-state index is 11.8. The van der Waals surface area contributed by atoms with Gasteiger partial charge in [0.1, 0.15) is 5.75 Å². The van der Waals surface area contributed by atoms with E-state index >= 15 is 0 Å². The van der Waals surface area contributed by atoms with Gasteiger partial charge in [0.2, 0.25) is 0 Å². The fourth-order valence-electron chi connectivity index (χ4n) is 0.879. The Labute approximate surface area is 87.0 Å². The number of hydrogen-bond acceptors (Lipinski definition) is 2. The van der Waals surface area contributed by atoms with Crippen LogP contribution in [0.25, 0.3) is 0 Å². The Morgan fingerprint density at radius 2 is 2.00 bits per heavy atom. The van der Waals surface area contributed by atoms with Crippen molar-refractivity contribution < 1.29 is 27.8 Å². The summed E-state index contributed by atoms with van der Waals surface area (Å²) in [6.07, 6.45) is -4.90. The minimum absolute atomic E-state index is 0.446. The van der Waals surface area contributed by atoms with E-state index in [2.05, 4.69) is 4.74 Å². The highest BCUT2D eigenvalue weighted by atomic mass is 35.5. The predicted octanol–water partition coefficient (Wildman–Crippen LogP) is 2.94. The first-order valence-corrected chi connectivity index (χ1v) is 3.96. The number of carboxylic acid groups (broad SMARTS) is 1. The van der Waals surface area contributed by atoms with Gasteiger partial charge in [0.15, 0.2) is 0 Å². The van der Waals surface area contributed by atoms with Crippen molar-refractivity contribution in [2.24, 2.45) is 0 Å². The van der Waals surface area contributed by atoms with Gasteiger partial charge in [0.25, 0.3) is 0 Å². The molecule has 0 aliphatic carbocycles. The van der Waals surface area contributed by atoms with Crippen molar-refractivity contribution in [1.29, 1.82) is 0 Å². The minimum Gasteiger partial charge on any atom is -0.478 e. The van der Waals surface area contributed by atoms with Crippen molar-refractivity contribution in [3.8, 4) is 5.75 Å². The van der Waals surface area contributed by atoms with Gasteiger partial charge in [0, 0.05) is 0 Å². The van der Waals surface area contributed by atoms with Gasteiger partial charge in [-0.3, -0.25) is 0 Å². The first kappa shape index (κ1) is 11.6. The third-order valence-electron chi connectivity index (χ3n) is 1.42. The molecule has 0 unspecified atom stereocenters.